The van der Waals surface area contributed by atoms with E-state index in [-0.39, 0.29) is 17.8 Å². The molecule has 3 fully saturated rings. The third-order valence-corrected chi connectivity index (χ3v) is 10.3. The summed E-state index contributed by atoms with van der Waals surface area (Å²) >= 11 is 0. The van der Waals surface area contributed by atoms with Crippen LogP contribution in [0.4, 0.5) is 0 Å². The van der Waals surface area contributed by atoms with E-state index in [2.05, 4.69) is 11.8 Å². The summed E-state index contributed by atoms with van der Waals surface area (Å²) < 4.78 is 17.9. The molecule has 0 aromatic heterocycles. The Morgan fingerprint density at radius 1 is 1.12 bits per heavy atom. The molecule has 2 saturated carbocycles. The predicted octanol–water partition coefficient (Wildman–Crippen LogP) is 2.30. The first-order chi connectivity index (χ1) is 19.1. The van der Waals surface area contributed by atoms with Gasteiger partial charge in [0.05, 0.1) is 12.5 Å². The van der Waals surface area contributed by atoms with Crippen LogP contribution in [0.2, 0.25) is 0 Å². The van der Waals surface area contributed by atoms with Crippen LogP contribution in [0.3, 0.4) is 0 Å². The zero-order valence-corrected chi connectivity index (χ0v) is 24.1. The minimum absolute atomic E-state index is 0.0954. The van der Waals surface area contributed by atoms with E-state index in [1.165, 1.54) is 13.8 Å². The number of hydrogen-bond donors (Lipinski definition) is 2. The number of aliphatic hydroxyl groups excluding tert-OH is 1. The van der Waals surface area contributed by atoms with Crippen LogP contribution < -0.4 is 0 Å². The second kappa shape index (κ2) is 9.62. The third kappa shape index (κ3) is 4.03. The molecule has 9 nitrogen and oxygen atoms in total. The van der Waals surface area contributed by atoms with E-state index in [0.717, 1.165) is 0 Å². The fourth-order valence-electron chi connectivity index (χ4n) is 7.81. The summed E-state index contributed by atoms with van der Waals surface area (Å²) in [5.74, 6) is 0.910. The van der Waals surface area contributed by atoms with Gasteiger partial charge in [-0.2, -0.15) is 0 Å². The number of ketones is 2. The predicted molar refractivity (Wildman–Crippen MR) is 145 cm³/mol. The zero-order chi connectivity index (χ0) is 30.1. The van der Waals surface area contributed by atoms with Gasteiger partial charge in [0.25, 0.3) is 0 Å². The summed E-state index contributed by atoms with van der Waals surface area (Å²) in [4.78, 5) is 53.7. The number of Topliss-reactive ketones (excluding diaryl/α,β-unsaturated/α-hetero) is 2. The van der Waals surface area contributed by atoms with Gasteiger partial charge >= 0.3 is 11.9 Å². The van der Waals surface area contributed by atoms with Crippen molar-refractivity contribution in [2.45, 2.75) is 83.9 Å². The van der Waals surface area contributed by atoms with E-state index in [1.807, 2.05) is 13.0 Å². The van der Waals surface area contributed by atoms with Gasteiger partial charge in [-0.3, -0.25) is 14.4 Å². The highest BCUT2D eigenvalue weighted by Crippen LogP contribution is 2.64. The van der Waals surface area contributed by atoms with Crippen LogP contribution in [0.5, 0.6) is 0 Å². The highest BCUT2D eigenvalue weighted by Gasteiger charge is 2.77. The standard InChI is InChI=1S/C32H36O9/c1-17-14-22-31(16-39-22,41-19(3)33)26-28(40-23(35)13-12-20-10-8-7-9-11-20)32(38)15-21(34)18(2)24(29(32,4)5)25(36)27(37)30(17,26)6/h7-11,17,22,25-26,28,36,38H,14-16H2,1-6H3/t17-,22?,25?,26?,28?,30+,31?,32?/m0/s1. The van der Waals surface area contributed by atoms with Gasteiger partial charge in [-0.05, 0) is 42.5 Å². The summed E-state index contributed by atoms with van der Waals surface area (Å²) in [6.07, 6.45) is -4.01. The lowest BCUT2D eigenvalue weighted by molar-refractivity contribution is -0.339. The molecule has 2 N–H and O–H groups in total. The van der Waals surface area contributed by atoms with Gasteiger partial charge in [-0.1, -0.05) is 51.8 Å². The summed E-state index contributed by atoms with van der Waals surface area (Å²) in [6.45, 7) is 9.37. The molecule has 0 amide bonds. The number of hydrogen-bond acceptors (Lipinski definition) is 9. The van der Waals surface area contributed by atoms with Crippen LogP contribution in [0, 0.1) is 34.5 Å². The van der Waals surface area contributed by atoms with Gasteiger partial charge in [0, 0.05) is 35.7 Å². The number of carbonyl (C=O) groups is 4. The maximum absolute atomic E-state index is 14.4. The molecule has 8 atom stereocenters. The largest absolute Gasteiger partial charge is 0.454 e. The molecule has 41 heavy (non-hydrogen) atoms. The Kier molecular flexibility index (Phi) is 6.85. The first kappa shape index (κ1) is 29.2. The number of esters is 2. The molecular weight excluding hydrogens is 528 g/mol. The molecule has 3 aliphatic carbocycles. The van der Waals surface area contributed by atoms with Crippen molar-refractivity contribution in [3.63, 3.8) is 0 Å². The number of rotatable bonds is 2. The molecule has 9 heteroatoms. The minimum atomic E-state index is -2.10. The highest BCUT2D eigenvalue weighted by atomic mass is 16.6. The summed E-state index contributed by atoms with van der Waals surface area (Å²) in [7, 11) is 0. The smallest absolute Gasteiger partial charge is 0.385 e. The summed E-state index contributed by atoms with van der Waals surface area (Å²) in [5.41, 5.74) is -5.56. The monoisotopic (exact) mass is 564 g/mol. The molecule has 1 aromatic rings. The number of carbonyl (C=O) groups excluding carboxylic acids is 4. The molecule has 1 aliphatic heterocycles. The van der Waals surface area contributed by atoms with Crippen molar-refractivity contribution < 1.29 is 43.6 Å². The average Bonchev–Trinajstić information content (AvgIpc) is 2.90. The van der Waals surface area contributed by atoms with Crippen LogP contribution in [-0.4, -0.2) is 69.8 Å². The second-order valence-corrected chi connectivity index (χ2v) is 12.6. The Labute approximate surface area is 239 Å². The fraction of sp³-hybridized carbons (Fsp3) is 0.562. The maximum atomic E-state index is 14.4. The molecule has 6 unspecified atom stereocenters. The molecule has 1 aromatic carbocycles. The van der Waals surface area contributed by atoms with E-state index in [4.69, 9.17) is 14.2 Å². The maximum Gasteiger partial charge on any atom is 0.385 e. The molecule has 0 radical (unpaired) electrons. The molecule has 2 bridgehead atoms. The van der Waals surface area contributed by atoms with Gasteiger partial charge in [-0.25, -0.2) is 4.79 Å². The summed E-state index contributed by atoms with van der Waals surface area (Å²) in [6, 6.07) is 8.79. The molecule has 4 aliphatic rings. The SMILES string of the molecule is CC(=O)OC12COC1C[C@H](C)[C@@]1(C)C(=O)C(O)C3=C(C)C(=O)CC(O)(C(OC(=O)C#Cc4ccccc4)C21)C3(C)C. The van der Waals surface area contributed by atoms with Gasteiger partial charge < -0.3 is 24.4 Å². The van der Waals surface area contributed by atoms with Crippen LogP contribution in [-0.2, 0) is 33.4 Å². The highest BCUT2D eigenvalue weighted by molar-refractivity contribution is 6.02. The fourth-order valence-corrected chi connectivity index (χ4v) is 7.81. The Morgan fingerprint density at radius 3 is 2.37 bits per heavy atom. The number of fused-ring (bicyclic) bond motifs is 5. The Hall–Kier alpha value is -3.32. The Morgan fingerprint density at radius 2 is 1.78 bits per heavy atom. The van der Waals surface area contributed by atoms with Gasteiger partial charge in [-0.15, -0.1) is 0 Å². The number of aliphatic hydroxyl groups is 2. The number of ether oxygens (including phenoxy) is 3. The van der Waals surface area contributed by atoms with Crippen LogP contribution >= 0.6 is 0 Å². The minimum Gasteiger partial charge on any atom is -0.454 e. The van der Waals surface area contributed by atoms with Crippen molar-refractivity contribution in [2.24, 2.45) is 22.7 Å². The molecule has 218 valence electrons. The Balaban J connectivity index is 1.76. The molecule has 5 rings (SSSR count). The third-order valence-electron chi connectivity index (χ3n) is 10.3. The lowest BCUT2D eigenvalue weighted by Crippen LogP contribution is -2.80. The summed E-state index contributed by atoms with van der Waals surface area (Å²) in [5, 5.41) is 24.3. The van der Waals surface area contributed by atoms with Gasteiger partial charge in [0.15, 0.2) is 17.2 Å². The van der Waals surface area contributed by atoms with Crippen LogP contribution in [0.1, 0.15) is 59.9 Å². The van der Waals surface area contributed by atoms with Crippen LogP contribution in [0.15, 0.2) is 41.5 Å². The Bertz CT molecular complexity index is 1420. The van der Waals surface area contributed by atoms with Crippen molar-refractivity contribution in [2.75, 3.05) is 6.61 Å². The number of allylic oxidation sites excluding steroid dienone is 1. The number of benzene rings is 1. The first-order valence-electron chi connectivity index (χ1n) is 13.9. The van der Waals surface area contributed by atoms with Crippen molar-refractivity contribution in [1.82, 2.24) is 0 Å². The average molecular weight is 565 g/mol. The quantitative estimate of drug-likeness (QED) is 0.410. The lowest BCUT2D eigenvalue weighted by Gasteiger charge is -2.67. The van der Waals surface area contributed by atoms with Crippen molar-refractivity contribution >= 4 is 23.5 Å². The van der Waals surface area contributed by atoms with E-state index in [1.54, 1.807) is 45.0 Å². The van der Waals surface area contributed by atoms with Crippen molar-refractivity contribution in [1.29, 1.82) is 0 Å². The van der Waals surface area contributed by atoms with E-state index < -0.39 is 82.1 Å². The van der Waals surface area contributed by atoms with Gasteiger partial charge in [0.2, 0.25) is 0 Å². The van der Waals surface area contributed by atoms with Gasteiger partial charge in [0.1, 0.15) is 23.9 Å². The second-order valence-electron chi connectivity index (χ2n) is 12.6. The molecule has 1 heterocycles. The molecular formula is C32H36O9. The topological polar surface area (TPSA) is 136 Å². The van der Waals surface area contributed by atoms with E-state index >= 15 is 0 Å². The van der Waals surface area contributed by atoms with E-state index in [0.29, 0.717) is 12.0 Å². The normalized spacial score (nSPS) is 39.1. The van der Waals surface area contributed by atoms with E-state index in [9.17, 15) is 29.4 Å². The molecule has 1 saturated heterocycles. The first-order valence-corrected chi connectivity index (χ1v) is 13.9. The molecule has 0 spiro atoms. The lowest BCUT2D eigenvalue weighted by atomic mass is 9.43. The van der Waals surface area contributed by atoms with Crippen molar-refractivity contribution in [3.8, 4) is 11.8 Å². The van der Waals surface area contributed by atoms with Crippen LogP contribution in [0.25, 0.3) is 0 Å². The van der Waals surface area contributed by atoms with Crippen molar-refractivity contribution in [3.05, 3.63) is 47.0 Å². The zero-order valence-electron chi connectivity index (χ0n) is 24.1.